The van der Waals surface area contributed by atoms with E-state index in [0.29, 0.717) is 22.1 Å². The molecule has 4 nitrogen and oxygen atoms in total. The highest BCUT2D eigenvalue weighted by atomic mass is 35.5. The predicted octanol–water partition coefficient (Wildman–Crippen LogP) is 3.86. The Morgan fingerprint density at radius 3 is 2.77 bits per heavy atom. The van der Waals surface area contributed by atoms with Crippen LogP contribution < -0.4 is 15.3 Å². The third-order valence-corrected chi connectivity index (χ3v) is 3.91. The molecule has 0 saturated heterocycles. The zero-order valence-electron chi connectivity index (χ0n) is 12.4. The molecule has 114 valence electrons. The van der Waals surface area contributed by atoms with Crippen molar-refractivity contribution in [1.29, 1.82) is 0 Å². The van der Waals surface area contributed by atoms with Crippen molar-refractivity contribution >= 4 is 22.9 Å². The Labute approximate surface area is 133 Å². The zero-order valence-corrected chi connectivity index (χ0v) is 13.2. The topological polar surface area (TPSA) is 42.7 Å². The number of ether oxygens (including phenoxy) is 1. The third kappa shape index (κ3) is 2.88. The minimum Gasteiger partial charge on any atom is -0.465 e. The van der Waals surface area contributed by atoms with E-state index in [0.717, 1.165) is 24.2 Å². The van der Waals surface area contributed by atoms with Crippen molar-refractivity contribution in [3.05, 3.63) is 63.4 Å². The number of fused-ring (bicyclic) bond motifs is 1. The highest BCUT2D eigenvalue weighted by Crippen LogP contribution is 2.32. The fourth-order valence-electron chi connectivity index (χ4n) is 2.50. The normalized spacial score (nSPS) is 15.8. The molecule has 0 N–H and O–H groups in total. The summed E-state index contributed by atoms with van der Waals surface area (Å²) in [6.07, 6.45) is 2.35. The largest absolute Gasteiger partial charge is 0.465 e. The minimum absolute atomic E-state index is 0.326. The summed E-state index contributed by atoms with van der Waals surface area (Å²) in [5.41, 5.74) is 1.98. The highest BCUT2D eigenvalue weighted by Gasteiger charge is 2.23. The lowest BCUT2D eigenvalue weighted by Crippen LogP contribution is -2.28. The number of aryl methyl sites for hydroxylation is 1. The second-order valence-corrected chi connectivity index (χ2v) is 5.73. The summed E-state index contributed by atoms with van der Waals surface area (Å²) in [4.78, 5) is 14.2. The van der Waals surface area contributed by atoms with Crippen molar-refractivity contribution < 1.29 is 9.15 Å². The van der Waals surface area contributed by atoms with Gasteiger partial charge in [0.05, 0.1) is 17.5 Å². The van der Waals surface area contributed by atoms with Gasteiger partial charge in [0.2, 0.25) is 0 Å². The molecule has 2 aromatic rings. The van der Waals surface area contributed by atoms with E-state index in [9.17, 15) is 4.79 Å². The van der Waals surface area contributed by atoms with Crippen LogP contribution in [-0.2, 0) is 0 Å². The summed E-state index contributed by atoms with van der Waals surface area (Å²) in [7, 11) is 1.97. The molecule has 0 bridgehead atoms. The van der Waals surface area contributed by atoms with E-state index in [1.54, 1.807) is 37.5 Å². The molecule has 0 fully saturated rings. The second-order valence-electron chi connectivity index (χ2n) is 5.29. The van der Waals surface area contributed by atoms with Crippen molar-refractivity contribution in [1.82, 2.24) is 0 Å². The van der Waals surface area contributed by atoms with E-state index in [2.05, 4.69) is 4.90 Å². The molecule has 0 atom stereocenters. The van der Waals surface area contributed by atoms with Gasteiger partial charge in [-0.2, -0.15) is 0 Å². The second kappa shape index (κ2) is 5.89. The van der Waals surface area contributed by atoms with Crippen LogP contribution in [0.4, 0.5) is 5.69 Å². The molecule has 1 aromatic heterocycles. The molecular weight excluding hydrogens is 302 g/mol. The quantitative estimate of drug-likeness (QED) is 0.789. The average Bonchev–Trinajstić information content (AvgIpc) is 2.48. The summed E-state index contributed by atoms with van der Waals surface area (Å²) >= 11 is 5.85. The average molecular weight is 318 g/mol. The minimum atomic E-state index is -0.326. The fourth-order valence-corrected chi connectivity index (χ4v) is 2.62. The first-order chi connectivity index (χ1) is 10.5. The van der Waals surface area contributed by atoms with Crippen LogP contribution in [0.25, 0.3) is 5.57 Å². The molecular formula is C17H16ClNO3. The maximum atomic E-state index is 12.2. The first-order valence-corrected chi connectivity index (χ1v) is 7.40. The van der Waals surface area contributed by atoms with Crippen LogP contribution in [0.5, 0.6) is 5.75 Å². The summed E-state index contributed by atoms with van der Waals surface area (Å²) in [5.74, 6) is 1.28. The van der Waals surface area contributed by atoms with Crippen LogP contribution in [0.3, 0.4) is 0 Å². The van der Waals surface area contributed by atoms with Crippen molar-refractivity contribution in [2.45, 2.75) is 13.3 Å². The van der Waals surface area contributed by atoms with Crippen molar-refractivity contribution in [2.24, 2.45) is 0 Å². The Balaban J connectivity index is 1.96. The van der Waals surface area contributed by atoms with Crippen LogP contribution in [0.15, 0.2) is 45.8 Å². The van der Waals surface area contributed by atoms with Crippen LogP contribution in [0.1, 0.15) is 17.7 Å². The molecule has 3 rings (SSSR count). The number of hydrogen-bond acceptors (Lipinski definition) is 4. The van der Waals surface area contributed by atoms with Gasteiger partial charge in [0.25, 0.3) is 0 Å². The van der Waals surface area contributed by atoms with Crippen molar-refractivity contribution in [3.8, 4) is 5.75 Å². The van der Waals surface area contributed by atoms with Gasteiger partial charge in [-0.1, -0.05) is 11.6 Å². The summed E-state index contributed by atoms with van der Waals surface area (Å²) in [6, 6.07) is 8.97. The summed E-state index contributed by atoms with van der Waals surface area (Å²) in [6.45, 7) is 2.60. The Morgan fingerprint density at radius 1 is 1.32 bits per heavy atom. The highest BCUT2D eigenvalue weighted by molar-refractivity contribution is 6.30. The third-order valence-electron chi connectivity index (χ3n) is 3.65. The van der Waals surface area contributed by atoms with Crippen LogP contribution >= 0.6 is 11.6 Å². The standard InChI is InChI=1S/C17H16ClNO3/c1-11-9-15-16(17(20)22-11)12(7-8-19(15)2)10-21-14-5-3-13(18)4-6-14/h3-6,9-10H,7-8H2,1-2H3/b12-10+. The molecule has 0 spiro atoms. The molecule has 1 aromatic carbocycles. The SMILES string of the molecule is Cc1cc2c(c(=O)o1)/C(=C/Oc1ccc(Cl)cc1)CCN2C. The molecule has 0 radical (unpaired) electrons. The molecule has 1 aliphatic heterocycles. The molecule has 0 aliphatic carbocycles. The molecule has 1 aliphatic rings. The first kappa shape index (κ1) is 14.7. The number of halogens is 1. The lowest BCUT2D eigenvalue weighted by Gasteiger charge is -2.28. The van der Waals surface area contributed by atoms with Crippen molar-refractivity contribution in [2.75, 3.05) is 18.5 Å². The fraction of sp³-hybridized carbons (Fsp3) is 0.235. The van der Waals surface area contributed by atoms with Gasteiger partial charge in [0.15, 0.2) is 0 Å². The lowest BCUT2D eigenvalue weighted by atomic mass is 9.99. The van der Waals surface area contributed by atoms with Gasteiger partial charge in [-0.05, 0) is 37.6 Å². The van der Waals surface area contributed by atoms with E-state index < -0.39 is 0 Å². The van der Waals surface area contributed by atoms with E-state index in [-0.39, 0.29) is 5.63 Å². The van der Waals surface area contributed by atoms with E-state index >= 15 is 0 Å². The number of nitrogens with zero attached hydrogens (tertiary/aromatic N) is 1. The Kier molecular flexibility index (Phi) is 3.94. The predicted molar refractivity (Wildman–Crippen MR) is 87.7 cm³/mol. The van der Waals surface area contributed by atoms with Gasteiger partial charge in [0.1, 0.15) is 11.5 Å². The maximum Gasteiger partial charge on any atom is 0.345 e. The van der Waals surface area contributed by atoms with Gasteiger partial charge < -0.3 is 14.1 Å². The van der Waals surface area contributed by atoms with Gasteiger partial charge >= 0.3 is 5.63 Å². The Morgan fingerprint density at radius 2 is 2.05 bits per heavy atom. The number of hydrogen-bond donors (Lipinski definition) is 0. The first-order valence-electron chi connectivity index (χ1n) is 7.02. The maximum absolute atomic E-state index is 12.2. The van der Waals surface area contributed by atoms with E-state index in [4.69, 9.17) is 20.8 Å². The van der Waals surface area contributed by atoms with Crippen molar-refractivity contribution in [3.63, 3.8) is 0 Å². The van der Waals surface area contributed by atoms with Gasteiger partial charge in [-0.15, -0.1) is 0 Å². The van der Waals surface area contributed by atoms with Crippen LogP contribution in [0.2, 0.25) is 5.02 Å². The molecule has 0 saturated carbocycles. The molecule has 5 heteroatoms. The van der Waals surface area contributed by atoms with Gasteiger partial charge in [0, 0.05) is 30.3 Å². The number of benzene rings is 1. The Bertz CT molecular complexity index is 777. The van der Waals surface area contributed by atoms with Gasteiger partial charge in [-0.3, -0.25) is 0 Å². The molecule has 0 amide bonds. The van der Waals surface area contributed by atoms with Gasteiger partial charge in [-0.25, -0.2) is 4.79 Å². The van der Waals surface area contributed by atoms with E-state index in [1.807, 2.05) is 13.1 Å². The summed E-state index contributed by atoms with van der Waals surface area (Å²) < 4.78 is 10.9. The molecule has 0 unspecified atom stereocenters. The smallest absolute Gasteiger partial charge is 0.345 e. The number of rotatable bonds is 2. The zero-order chi connectivity index (χ0) is 15.7. The monoisotopic (exact) mass is 317 g/mol. The molecule has 2 heterocycles. The van der Waals surface area contributed by atoms with Crippen LogP contribution in [0, 0.1) is 6.92 Å². The van der Waals surface area contributed by atoms with E-state index in [1.165, 1.54) is 0 Å². The van der Waals surface area contributed by atoms with Crippen LogP contribution in [-0.4, -0.2) is 13.6 Å². The number of anilines is 1. The molecule has 22 heavy (non-hydrogen) atoms. The summed E-state index contributed by atoms with van der Waals surface area (Å²) in [5, 5.41) is 0.653. The Hall–Kier alpha value is -2.20. The lowest BCUT2D eigenvalue weighted by molar-refractivity contribution is 0.469.